The Bertz CT molecular complexity index is 1220. The molecule has 5 rings (SSSR count). The van der Waals surface area contributed by atoms with E-state index in [9.17, 15) is 9.59 Å². The third-order valence-electron chi connectivity index (χ3n) is 6.82. The number of benzene rings is 3. The van der Waals surface area contributed by atoms with Crippen molar-refractivity contribution in [1.82, 2.24) is 14.7 Å². The lowest BCUT2D eigenvalue weighted by Crippen LogP contribution is -2.64. The first kappa shape index (κ1) is 24.6. The Morgan fingerprint density at radius 3 is 2.08 bits per heavy atom. The molecule has 2 saturated heterocycles. The number of hydrogen-bond donors (Lipinski definition) is 0. The summed E-state index contributed by atoms with van der Waals surface area (Å²) in [5.74, 6) is 0.768. The summed E-state index contributed by atoms with van der Waals surface area (Å²) in [5.41, 5.74) is 2.18. The number of nitrogens with zero attached hydrogens (tertiary/aromatic N) is 3. The maximum absolute atomic E-state index is 12.9. The summed E-state index contributed by atoms with van der Waals surface area (Å²) in [4.78, 5) is 31.7. The topological polar surface area (TPSA) is 53.1 Å². The number of carbonyl (C=O) groups is 2. The number of amides is 2. The Kier molecular flexibility index (Phi) is 7.46. The van der Waals surface area contributed by atoms with Gasteiger partial charge in [-0.2, -0.15) is 0 Å². The van der Waals surface area contributed by atoms with Gasteiger partial charge in [0.2, 0.25) is 0 Å². The Morgan fingerprint density at radius 2 is 1.39 bits per heavy atom. The van der Waals surface area contributed by atoms with Crippen molar-refractivity contribution in [3.8, 4) is 5.75 Å². The molecule has 2 aliphatic heterocycles. The van der Waals surface area contributed by atoms with Crippen molar-refractivity contribution < 1.29 is 14.3 Å². The van der Waals surface area contributed by atoms with E-state index in [1.54, 1.807) is 30.3 Å². The Hall–Kier alpha value is -3.06. The normalized spacial score (nSPS) is 16.5. The third-order valence-corrected chi connectivity index (χ3v) is 7.67. The molecule has 3 aromatic carbocycles. The second-order valence-corrected chi connectivity index (χ2v) is 9.87. The van der Waals surface area contributed by atoms with Crippen molar-refractivity contribution in [3.63, 3.8) is 0 Å². The van der Waals surface area contributed by atoms with E-state index in [1.807, 2.05) is 52.3 Å². The van der Waals surface area contributed by atoms with Crippen LogP contribution in [0.1, 0.15) is 26.3 Å². The lowest BCUT2D eigenvalue weighted by Gasteiger charge is -2.48. The maximum atomic E-state index is 12.9. The van der Waals surface area contributed by atoms with E-state index in [-0.39, 0.29) is 11.8 Å². The van der Waals surface area contributed by atoms with Gasteiger partial charge in [0, 0.05) is 62.0 Å². The van der Waals surface area contributed by atoms with Crippen molar-refractivity contribution in [1.29, 1.82) is 0 Å². The summed E-state index contributed by atoms with van der Waals surface area (Å²) < 4.78 is 5.81. The van der Waals surface area contributed by atoms with Crippen LogP contribution in [-0.2, 0) is 6.61 Å². The lowest BCUT2D eigenvalue weighted by atomic mass is 10.0. The highest BCUT2D eigenvalue weighted by Gasteiger charge is 2.37. The van der Waals surface area contributed by atoms with Gasteiger partial charge in [-0.1, -0.05) is 53.5 Å². The smallest absolute Gasteiger partial charge is 0.253 e. The van der Waals surface area contributed by atoms with Gasteiger partial charge >= 0.3 is 0 Å². The minimum absolute atomic E-state index is 0.0218. The predicted molar refractivity (Wildman–Crippen MR) is 141 cm³/mol. The second-order valence-electron chi connectivity index (χ2n) is 9.08. The van der Waals surface area contributed by atoms with Gasteiger partial charge in [-0.05, 0) is 42.5 Å². The molecule has 0 radical (unpaired) electrons. The van der Waals surface area contributed by atoms with Crippen LogP contribution < -0.4 is 4.74 Å². The summed E-state index contributed by atoms with van der Waals surface area (Å²) in [6.07, 6.45) is 0. The van der Waals surface area contributed by atoms with Gasteiger partial charge in [0.1, 0.15) is 12.4 Å². The predicted octanol–water partition coefficient (Wildman–Crippen LogP) is 4.85. The van der Waals surface area contributed by atoms with Crippen molar-refractivity contribution in [2.45, 2.75) is 12.6 Å². The van der Waals surface area contributed by atoms with E-state index in [0.29, 0.717) is 60.2 Å². The quantitative estimate of drug-likeness (QED) is 0.463. The van der Waals surface area contributed by atoms with E-state index in [2.05, 4.69) is 4.90 Å². The molecule has 2 amide bonds. The molecule has 186 valence electrons. The van der Waals surface area contributed by atoms with Crippen molar-refractivity contribution >= 4 is 35.0 Å². The zero-order valence-corrected chi connectivity index (χ0v) is 21.3. The highest BCUT2D eigenvalue weighted by molar-refractivity contribution is 6.42. The van der Waals surface area contributed by atoms with Crippen molar-refractivity contribution in [2.24, 2.45) is 0 Å². The Morgan fingerprint density at radius 1 is 0.750 bits per heavy atom. The van der Waals surface area contributed by atoms with Gasteiger partial charge in [0.25, 0.3) is 11.8 Å². The van der Waals surface area contributed by atoms with Crippen LogP contribution in [0, 0.1) is 0 Å². The lowest BCUT2D eigenvalue weighted by molar-refractivity contribution is 0.00853. The van der Waals surface area contributed by atoms with Gasteiger partial charge in [0.15, 0.2) is 0 Å². The number of ether oxygens (including phenoxy) is 1. The van der Waals surface area contributed by atoms with E-state index in [1.165, 1.54) is 0 Å². The summed E-state index contributed by atoms with van der Waals surface area (Å²) in [7, 11) is 0. The van der Waals surface area contributed by atoms with Gasteiger partial charge in [0.05, 0.1) is 10.0 Å². The molecule has 8 heteroatoms. The molecule has 0 spiro atoms. The monoisotopic (exact) mass is 523 g/mol. The molecule has 2 heterocycles. The highest BCUT2D eigenvalue weighted by atomic mass is 35.5. The fourth-order valence-electron chi connectivity index (χ4n) is 4.60. The first-order valence-corrected chi connectivity index (χ1v) is 12.8. The molecule has 2 aliphatic rings. The molecule has 2 fully saturated rings. The third kappa shape index (κ3) is 5.36. The van der Waals surface area contributed by atoms with Crippen LogP contribution in [0.5, 0.6) is 5.75 Å². The minimum Gasteiger partial charge on any atom is -0.489 e. The molecule has 0 saturated carbocycles. The van der Waals surface area contributed by atoms with E-state index in [0.717, 1.165) is 24.2 Å². The zero-order chi connectivity index (χ0) is 25.1. The van der Waals surface area contributed by atoms with E-state index in [4.69, 9.17) is 27.9 Å². The molecule has 0 bridgehead atoms. The first-order valence-electron chi connectivity index (χ1n) is 12.0. The van der Waals surface area contributed by atoms with E-state index >= 15 is 0 Å². The van der Waals surface area contributed by atoms with E-state index < -0.39 is 0 Å². The van der Waals surface area contributed by atoms with Gasteiger partial charge in [-0.15, -0.1) is 0 Å². The average Bonchev–Trinajstić information content (AvgIpc) is 2.89. The summed E-state index contributed by atoms with van der Waals surface area (Å²) >= 11 is 12.3. The van der Waals surface area contributed by atoms with Crippen LogP contribution in [0.3, 0.4) is 0 Å². The van der Waals surface area contributed by atoms with Crippen LogP contribution >= 0.6 is 23.2 Å². The number of likely N-dealkylation sites (tertiary alicyclic amines) is 1. The number of rotatable bonds is 6. The molecule has 0 atom stereocenters. The summed E-state index contributed by atoms with van der Waals surface area (Å²) in [6.45, 7) is 4.78. The van der Waals surface area contributed by atoms with Crippen LogP contribution in [0.4, 0.5) is 0 Å². The molecule has 0 aliphatic carbocycles. The molecule has 0 aromatic heterocycles. The Balaban J connectivity index is 1.08. The zero-order valence-electron chi connectivity index (χ0n) is 19.8. The maximum Gasteiger partial charge on any atom is 0.253 e. The summed E-state index contributed by atoms with van der Waals surface area (Å²) in [6, 6.07) is 22.4. The summed E-state index contributed by atoms with van der Waals surface area (Å²) in [5, 5.41) is 0.983. The number of piperazine rings is 1. The fourth-order valence-corrected chi connectivity index (χ4v) is 4.98. The average molecular weight is 524 g/mol. The van der Waals surface area contributed by atoms with Crippen molar-refractivity contribution in [3.05, 3.63) is 99.5 Å². The molecule has 0 unspecified atom stereocenters. The second kappa shape index (κ2) is 10.9. The Labute approximate surface area is 221 Å². The molecular weight excluding hydrogens is 497 g/mol. The fraction of sp³-hybridized carbons (Fsp3) is 0.286. The van der Waals surface area contributed by atoms with Crippen LogP contribution in [0.25, 0.3) is 0 Å². The molecule has 0 N–H and O–H groups in total. The van der Waals surface area contributed by atoms with Crippen LogP contribution in [0.15, 0.2) is 72.8 Å². The number of halogens is 2. The largest absolute Gasteiger partial charge is 0.489 e. The van der Waals surface area contributed by atoms with Gasteiger partial charge in [-0.25, -0.2) is 0 Å². The number of hydrogen-bond acceptors (Lipinski definition) is 4. The van der Waals surface area contributed by atoms with Crippen molar-refractivity contribution in [2.75, 3.05) is 39.3 Å². The standard InChI is InChI=1S/C28H27Cl2N3O3/c29-25-8-4-7-22(26(25)30)19-36-24-11-9-21(10-12-24)28(35)33-17-23(18-33)31-13-15-32(16-14-31)27(34)20-5-2-1-3-6-20/h1-12,23H,13-19H2. The van der Waals surface area contributed by atoms with Gasteiger partial charge in [-0.3, -0.25) is 14.5 Å². The number of carbonyl (C=O) groups excluding carboxylic acids is 2. The van der Waals surface area contributed by atoms with Crippen LogP contribution in [-0.4, -0.2) is 71.8 Å². The molecule has 3 aromatic rings. The SMILES string of the molecule is O=C(c1ccccc1)N1CCN(C2CN(C(=O)c3ccc(OCc4cccc(Cl)c4Cl)cc3)C2)CC1. The van der Waals surface area contributed by atoms with Gasteiger partial charge < -0.3 is 14.5 Å². The highest BCUT2D eigenvalue weighted by Crippen LogP contribution is 2.27. The minimum atomic E-state index is 0.0218. The molecular formula is C28H27Cl2N3O3. The van der Waals surface area contributed by atoms with Crippen LogP contribution in [0.2, 0.25) is 10.0 Å². The molecule has 6 nitrogen and oxygen atoms in total. The molecule has 36 heavy (non-hydrogen) atoms. The first-order chi connectivity index (χ1) is 17.5.